The Morgan fingerprint density at radius 3 is 2.50 bits per heavy atom. The maximum atomic E-state index is 11.1. The van der Waals surface area contributed by atoms with Crippen LogP contribution in [0.1, 0.15) is 0 Å². The molecule has 0 spiro atoms. The first-order chi connectivity index (χ1) is 5.59. The molecule has 1 aliphatic rings. The van der Waals surface area contributed by atoms with Crippen LogP contribution in [0.2, 0.25) is 0 Å². The van der Waals surface area contributed by atoms with E-state index < -0.39 is 24.2 Å². The van der Waals surface area contributed by atoms with Gasteiger partial charge in [-0.2, -0.15) is 0 Å². The van der Waals surface area contributed by atoms with Gasteiger partial charge in [-0.05, 0) is 0 Å². The number of likely N-dealkylation sites (tertiary alicyclic amines) is 1. The molecule has 1 heterocycles. The zero-order valence-electron chi connectivity index (χ0n) is 7.10. The van der Waals surface area contributed by atoms with Gasteiger partial charge in [0.25, 0.3) is 5.91 Å². The highest BCUT2D eigenvalue weighted by Crippen LogP contribution is 2.17. The molecule has 1 fully saturated rings. The van der Waals surface area contributed by atoms with Crippen LogP contribution in [0.15, 0.2) is 0 Å². The lowest BCUT2D eigenvalue weighted by molar-refractivity contribution is -0.135. The van der Waals surface area contributed by atoms with Crippen LogP contribution in [0.25, 0.3) is 0 Å². The molecule has 1 amide bonds. The first-order valence-electron chi connectivity index (χ1n) is 3.71. The second-order valence-corrected chi connectivity index (χ2v) is 2.91. The Kier molecular flexibility index (Phi) is 2.66. The average molecular weight is 175 g/mol. The molecule has 0 unspecified atom stereocenters. The minimum atomic E-state index is -1.30. The van der Waals surface area contributed by atoms with E-state index in [4.69, 9.17) is 9.84 Å². The minimum absolute atomic E-state index is 0.237. The second-order valence-electron chi connectivity index (χ2n) is 2.91. The molecular weight excluding hydrogens is 162 g/mol. The highest BCUT2D eigenvalue weighted by atomic mass is 16.5. The van der Waals surface area contributed by atoms with Gasteiger partial charge >= 0.3 is 0 Å². The third-order valence-electron chi connectivity index (χ3n) is 2.15. The van der Waals surface area contributed by atoms with E-state index in [1.54, 1.807) is 0 Å². The van der Waals surface area contributed by atoms with Crippen LogP contribution in [-0.4, -0.2) is 60.0 Å². The molecule has 1 aliphatic heterocycles. The van der Waals surface area contributed by atoms with Crippen molar-refractivity contribution in [2.24, 2.45) is 0 Å². The van der Waals surface area contributed by atoms with E-state index in [0.29, 0.717) is 0 Å². The summed E-state index contributed by atoms with van der Waals surface area (Å²) in [6, 6.07) is -0.433. The smallest absolute Gasteiger partial charge is 0.254 e. The number of hydrogen-bond acceptors (Lipinski definition) is 4. The molecule has 1 saturated heterocycles. The lowest BCUT2D eigenvalue weighted by Gasteiger charge is -2.20. The summed E-state index contributed by atoms with van der Waals surface area (Å²) in [7, 11) is 3.02. The van der Waals surface area contributed by atoms with Crippen molar-refractivity contribution in [2.75, 3.05) is 20.8 Å². The van der Waals surface area contributed by atoms with Gasteiger partial charge in [-0.1, -0.05) is 0 Å². The molecule has 0 aromatic heterocycles. The van der Waals surface area contributed by atoms with E-state index in [-0.39, 0.29) is 6.61 Å². The van der Waals surface area contributed by atoms with Crippen LogP contribution in [0.3, 0.4) is 0 Å². The van der Waals surface area contributed by atoms with Crippen molar-refractivity contribution in [2.45, 2.75) is 18.2 Å². The van der Waals surface area contributed by atoms with Crippen molar-refractivity contribution >= 4 is 5.91 Å². The Bertz CT molecular complexity index is 184. The van der Waals surface area contributed by atoms with Crippen LogP contribution < -0.4 is 0 Å². The van der Waals surface area contributed by atoms with E-state index in [2.05, 4.69) is 0 Å². The Hall–Kier alpha value is -0.650. The fourth-order valence-electron chi connectivity index (χ4n) is 1.34. The summed E-state index contributed by atoms with van der Waals surface area (Å²) in [5.41, 5.74) is 0. The van der Waals surface area contributed by atoms with Gasteiger partial charge in [-0.3, -0.25) is 4.79 Å². The zero-order chi connectivity index (χ0) is 9.30. The van der Waals surface area contributed by atoms with Crippen molar-refractivity contribution in [1.29, 1.82) is 0 Å². The molecule has 5 heteroatoms. The summed E-state index contributed by atoms with van der Waals surface area (Å²) >= 11 is 0. The molecule has 2 N–H and O–H groups in total. The van der Waals surface area contributed by atoms with Crippen molar-refractivity contribution in [3.8, 4) is 0 Å². The summed E-state index contributed by atoms with van der Waals surface area (Å²) in [5.74, 6) is -0.454. The first kappa shape index (κ1) is 9.44. The molecule has 0 radical (unpaired) electrons. The molecule has 0 bridgehead atoms. The monoisotopic (exact) mass is 175 g/mol. The van der Waals surface area contributed by atoms with Crippen LogP contribution in [-0.2, 0) is 9.53 Å². The van der Waals surface area contributed by atoms with Crippen molar-refractivity contribution < 1.29 is 19.7 Å². The maximum Gasteiger partial charge on any atom is 0.254 e. The first-order valence-corrected chi connectivity index (χ1v) is 3.71. The van der Waals surface area contributed by atoms with Crippen LogP contribution in [0.5, 0.6) is 0 Å². The molecule has 70 valence electrons. The van der Waals surface area contributed by atoms with Gasteiger partial charge in [0.2, 0.25) is 0 Å². The van der Waals surface area contributed by atoms with Gasteiger partial charge in [0.1, 0.15) is 6.10 Å². The number of carbonyl (C=O) groups excluding carboxylic acids is 1. The van der Waals surface area contributed by atoms with Gasteiger partial charge in [0, 0.05) is 14.2 Å². The highest BCUT2D eigenvalue weighted by Gasteiger charge is 2.44. The molecule has 5 nitrogen and oxygen atoms in total. The largest absolute Gasteiger partial charge is 0.388 e. The topological polar surface area (TPSA) is 70.0 Å². The Balaban J connectivity index is 2.69. The molecular formula is C7H13NO4. The summed E-state index contributed by atoms with van der Waals surface area (Å²) < 4.78 is 4.80. The number of rotatable bonds is 2. The van der Waals surface area contributed by atoms with E-state index in [1.165, 1.54) is 19.1 Å². The normalized spacial score (nSPS) is 36.2. The molecule has 0 saturated carbocycles. The second kappa shape index (κ2) is 3.38. The van der Waals surface area contributed by atoms with Gasteiger partial charge in [-0.15, -0.1) is 0 Å². The lowest BCUT2D eigenvalue weighted by atomic mass is 10.1. The number of likely N-dealkylation sites (N-methyl/N-ethyl adjacent to an activating group) is 1. The highest BCUT2D eigenvalue weighted by molar-refractivity contribution is 5.84. The quantitative estimate of drug-likeness (QED) is 0.519. The SMILES string of the molecule is COC[C@@H]1[C@@H](O)[C@@H](O)C(=O)N1C. The average Bonchev–Trinajstić information content (AvgIpc) is 2.23. The van der Waals surface area contributed by atoms with Crippen LogP contribution in [0.4, 0.5) is 0 Å². The Morgan fingerprint density at radius 1 is 1.58 bits per heavy atom. The van der Waals surface area contributed by atoms with Crippen molar-refractivity contribution in [3.63, 3.8) is 0 Å². The molecule has 3 atom stereocenters. The van der Waals surface area contributed by atoms with Crippen molar-refractivity contribution in [3.05, 3.63) is 0 Å². The van der Waals surface area contributed by atoms with Gasteiger partial charge in [-0.25, -0.2) is 0 Å². The van der Waals surface area contributed by atoms with Crippen LogP contribution in [0, 0.1) is 0 Å². The van der Waals surface area contributed by atoms with Crippen LogP contribution >= 0.6 is 0 Å². The zero-order valence-corrected chi connectivity index (χ0v) is 7.10. The summed E-state index contributed by atoms with van der Waals surface area (Å²) in [6.45, 7) is 0.237. The van der Waals surface area contributed by atoms with Crippen molar-refractivity contribution in [1.82, 2.24) is 4.90 Å². The number of hydrogen-bond donors (Lipinski definition) is 2. The molecule has 0 aromatic rings. The number of ether oxygens (including phenoxy) is 1. The molecule has 0 aromatic carbocycles. The number of aliphatic hydroxyl groups excluding tert-OH is 2. The number of carbonyl (C=O) groups is 1. The number of nitrogens with zero attached hydrogens (tertiary/aromatic N) is 1. The number of amides is 1. The Morgan fingerprint density at radius 2 is 2.17 bits per heavy atom. The fourth-order valence-corrected chi connectivity index (χ4v) is 1.34. The summed E-state index contributed by atoms with van der Waals surface area (Å²) in [5, 5.41) is 18.5. The third kappa shape index (κ3) is 1.31. The van der Waals surface area contributed by atoms with E-state index in [1.807, 2.05) is 0 Å². The van der Waals surface area contributed by atoms with Gasteiger partial charge in [0.05, 0.1) is 12.6 Å². The lowest BCUT2D eigenvalue weighted by Crippen LogP contribution is -2.37. The van der Waals surface area contributed by atoms with E-state index in [0.717, 1.165) is 0 Å². The third-order valence-corrected chi connectivity index (χ3v) is 2.15. The van der Waals surface area contributed by atoms with Gasteiger partial charge in [0.15, 0.2) is 6.10 Å². The standard InChI is InChI=1S/C7H13NO4/c1-8-4(3-12-2)5(9)6(10)7(8)11/h4-6,9-10H,3H2,1-2H3/t4-,5-,6-/m1/s1. The molecule has 1 rings (SSSR count). The maximum absolute atomic E-state index is 11.1. The summed E-state index contributed by atoms with van der Waals surface area (Å²) in [6.07, 6.45) is -2.34. The van der Waals surface area contributed by atoms with Gasteiger partial charge < -0.3 is 19.8 Å². The predicted molar refractivity (Wildman–Crippen MR) is 40.4 cm³/mol. The number of aliphatic hydroxyl groups is 2. The fraction of sp³-hybridized carbons (Fsp3) is 0.857. The minimum Gasteiger partial charge on any atom is -0.388 e. The number of methoxy groups -OCH3 is 1. The summed E-state index contributed by atoms with van der Waals surface area (Å²) in [4.78, 5) is 12.4. The van der Waals surface area contributed by atoms with E-state index >= 15 is 0 Å². The van der Waals surface area contributed by atoms with E-state index in [9.17, 15) is 9.90 Å². The molecule has 12 heavy (non-hydrogen) atoms. The molecule has 0 aliphatic carbocycles. The predicted octanol–water partition coefficient (Wildman–Crippen LogP) is -1.80. The Labute approximate surface area is 70.5 Å².